The summed E-state index contributed by atoms with van der Waals surface area (Å²) in [6.45, 7) is 2.53. The molecule has 0 aromatic carbocycles. The molecule has 94 valence electrons. The van der Waals surface area contributed by atoms with E-state index in [1.54, 1.807) is 33.2 Å². The van der Waals surface area contributed by atoms with E-state index in [1.165, 1.54) is 0 Å². The smallest absolute Gasteiger partial charge is 0.374 e. The number of nitrogens with zero attached hydrogens (tertiary/aromatic N) is 1. The van der Waals surface area contributed by atoms with Gasteiger partial charge in [-0.15, -0.1) is 0 Å². The maximum absolute atomic E-state index is 11.3. The van der Waals surface area contributed by atoms with Crippen molar-refractivity contribution in [2.45, 2.75) is 13.5 Å². The Balaban J connectivity index is 2.54. The number of carbonyl (C=O) groups excluding carboxylic acids is 1. The normalized spacial score (nSPS) is 11.1. The van der Waals surface area contributed by atoms with E-state index in [0.29, 0.717) is 24.9 Å². The topological polar surface area (TPSA) is 75.9 Å². The van der Waals surface area contributed by atoms with Gasteiger partial charge in [-0.2, -0.15) is 0 Å². The third-order valence-corrected chi connectivity index (χ3v) is 2.03. The molecule has 1 rings (SSSR count). The SMILES string of the molecule is CCOC(=O)c1ccc(CNC(=NC)NC)o1. The first-order valence-electron chi connectivity index (χ1n) is 5.35. The zero-order valence-electron chi connectivity index (χ0n) is 10.2. The highest BCUT2D eigenvalue weighted by atomic mass is 16.5. The summed E-state index contributed by atoms with van der Waals surface area (Å²) in [6.07, 6.45) is 0. The van der Waals surface area contributed by atoms with E-state index in [0.717, 1.165) is 0 Å². The summed E-state index contributed by atoms with van der Waals surface area (Å²) in [5.41, 5.74) is 0. The largest absolute Gasteiger partial charge is 0.460 e. The van der Waals surface area contributed by atoms with Gasteiger partial charge >= 0.3 is 5.97 Å². The van der Waals surface area contributed by atoms with Crippen LogP contribution >= 0.6 is 0 Å². The molecule has 0 saturated carbocycles. The average molecular weight is 239 g/mol. The zero-order chi connectivity index (χ0) is 12.7. The predicted molar refractivity (Wildman–Crippen MR) is 63.9 cm³/mol. The Labute approximate surface area is 100 Å². The van der Waals surface area contributed by atoms with Crippen molar-refractivity contribution in [3.8, 4) is 0 Å². The molecule has 0 aliphatic heterocycles. The first-order chi connectivity index (χ1) is 8.21. The van der Waals surface area contributed by atoms with Gasteiger partial charge in [0.15, 0.2) is 5.96 Å². The van der Waals surface area contributed by atoms with Crippen molar-refractivity contribution < 1.29 is 13.9 Å². The second-order valence-corrected chi connectivity index (χ2v) is 3.16. The highest BCUT2D eigenvalue weighted by Crippen LogP contribution is 2.08. The molecule has 0 fully saturated rings. The van der Waals surface area contributed by atoms with Gasteiger partial charge < -0.3 is 19.8 Å². The number of ether oxygens (including phenoxy) is 1. The zero-order valence-corrected chi connectivity index (χ0v) is 10.2. The molecule has 0 unspecified atom stereocenters. The summed E-state index contributed by atoms with van der Waals surface area (Å²) in [7, 11) is 3.44. The molecule has 6 nitrogen and oxygen atoms in total. The van der Waals surface area contributed by atoms with Crippen molar-refractivity contribution in [2.75, 3.05) is 20.7 Å². The fourth-order valence-corrected chi connectivity index (χ4v) is 1.23. The number of hydrogen-bond donors (Lipinski definition) is 2. The Morgan fingerprint density at radius 3 is 2.88 bits per heavy atom. The van der Waals surface area contributed by atoms with Crippen LogP contribution in [0.3, 0.4) is 0 Å². The van der Waals surface area contributed by atoms with Crippen molar-refractivity contribution in [2.24, 2.45) is 4.99 Å². The van der Waals surface area contributed by atoms with E-state index in [-0.39, 0.29) is 5.76 Å². The van der Waals surface area contributed by atoms with Crippen LogP contribution in [-0.4, -0.2) is 32.6 Å². The number of hydrogen-bond acceptors (Lipinski definition) is 4. The van der Waals surface area contributed by atoms with Crippen LogP contribution in [0, 0.1) is 0 Å². The maximum Gasteiger partial charge on any atom is 0.374 e. The highest BCUT2D eigenvalue weighted by Gasteiger charge is 2.11. The van der Waals surface area contributed by atoms with E-state index in [9.17, 15) is 4.79 Å². The van der Waals surface area contributed by atoms with Gasteiger partial charge in [-0.25, -0.2) is 4.79 Å². The summed E-state index contributed by atoms with van der Waals surface area (Å²) in [5, 5.41) is 5.89. The molecule has 1 heterocycles. The number of rotatable bonds is 4. The van der Waals surface area contributed by atoms with Crippen LogP contribution in [0.4, 0.5) is 0 Å². The molecule has 0 bridgehead atoms. The fourth-order valence-electron chi connectivity index (χ4n) is 1.23. The lowest BCUT2D eigenvalue weighted by Crippen LogP contribution is -2.33. The lowest BCUT2D eigenvalue weighted by molar-refractivity contribution is 0.0488. The summed E-state index contributed by atoms with van der Waals surface area (Å²) in [6, 6.07) is 3.32. The standard InChI is InChI=1S/C11H17N3O3/c1-4-16-10(15)9-6-5-8(17-9)7-14-11(12-2)13-3/h5-6H,4,7H2,1-3H3,(H2,12,13,14). The highest BCUT2D eigenvalue weighted by molar-refractivity contribution is 5.86. The first kappa shape index (κ1) is 13.1. The third kappa shape index (κ3) is 3.82. The number of carbonyl (C=O) groups is 1. The van der Waals surface area contributed by atoms with Gasteiger partial charge in [0, 0.05) is 14.1 Å². The Hall–Kier alpha value is -1.98. The summed E-state index contributed by atoms with van der Waals surface area (Å²) in [5.74, 6) is 1.06. The van der Waals surface area contributed by atoms with Crippen LogP contribution in [0.1, 0.15) is 23.2 Å². The van der Waals surface area contributed by atoms with Gasteiger partial charge in [0.1, 0.15) is 5.76 Å². The van der Waals surface area contributed by atoms with Crippen molar-refractivity contribution >= 4 is 11.9 Å². The number of aliphatic imine (C=N–C) groups is 1. The molecule has 0 spiro atoms. The molecule has 6 heteroatoms. The van der Waals surface area contributed by atoms with Crippen LogP contribution in [0.2, 0.25) is 0 Å². The lowest BCUT2D eigenvalue weighted by Gasteiger charge is -2.05. The Kier molecular flexibility index (Phi) is 5.06. The molecule has 0 aliphatic carbocycles. The van der Waals surface area contributed by atoms with Crippen molar-refractivity contribution in [1.82, 2.24) is 10.6 Å². The van der Waals surface area contributed by atoms with Crippen LogP contribution < -0.4 is 10.6 Å². The quantitative estimate of drug-likeness (QED) is 0.460. The van der Waals surface area contributed by atoms with Crippen molar-refractivity contribution in [3.63, 3.8) is 0 Å². The Morgan fingerprint density at radius 1 is 1.53 bits per heavy atom. The first-order valence-corrected chi connectivity index (χ1v) is 5.35. The van der Waals surface area contributed by atoms with Gasteiger partial charge in [0.2, 0.25) is 5.76 Å². The minimum atomic E-state index is -0.447. The second kappa shape index (κ2) is 6.57. The molecule has 17 heavy (non-hydrogen) atoms. The van der Waals surface area contributed by atoms with E-state index < -0.39 is 5.97 Å². The van der Waals surface area contributed by atoms with Gasteiger partial charge in [0.05, 0.1) is 13.2 Å². The predicted octanol–water partition coefficient (Wildman–Crippen LogP) is 0.751. The second-order valence-electron chi connectivity index (χ2n) is 3.16. The maximum atomic E-state index is 11.3. The minimum Gasteiger partial charge on any atom is -0.460 e. The van der Waals surface area contributed by atoms with Crippen molar-refractivity contribution in [1.29, 1.82) is 0 Å². The molecule has 0 amide bonds. The molecule has 0 atom stereocenters. The lowest BCUT2D eigenvalue weighted by atomic mass is 10.4. The molecule has 1 aromatic heterocycles. The van der Waals surface area contributed by atoms with Crippen LogP contribution in [-0.2, 0) is 11.3 Å². The molecule has 2 N–H and O–H groups in total. The van der Waals surface area contributed by atoms with Gasteiger partial charge in [-0.1, -0.05) is 0 Å². The third-order valence-electron chi connectivity index (χ3n) is 2.03. The molecular formula is C11H17N3O3. The molecular weight excluding hydrogens is 222 g/mol. The molecule has 0 saturated heterocycles. The van der Waals surface area contributed by atoms with Crippen LogP contribution in [0.25, 0.3) is 0 Å². The summed E-state index contributed by atoms with van der Waals surface area (Å²) >= 11 is 0. The number of guanidine groups is 1. The van der Waals surface area contributed by atoms with E-state index >= 15 is 0 Å². The average Bonchev–Trinajstić information content (AvgIpc) is 2.79. The molecule has 1 aromatic rings. The van der Waals surface area contributed by atoms with Gasteiger partial charge in [0.25, 0.3) is 0 Å². The number of furan rings is 1. The van der Waals surface area contributed by atoms with Crippen molar-refractivity contribution in [3.05, 3.63) is 23.7 Å². The number of esters is 1. The summed E-state index contributed by atoms with van der Waals surface area (Å²) < 4.78 is 10.1. The van der Waals surface area contributed by atoms with Crippen LogP contribution in [0.15, 0.2) is 21.5 Å². The van der Waals surface area contributed by atoms with Gasteiger partial charge in [-0.05, 0) is 19.1 Å². The monoisotopic (exact) mass is 239 g/mol. The number of nitrogens with one attached hydrogen (secondary N) is 2. The Bertz CT molecular complexity index is 398. The molecule has 0 radical (unpaired) electrons. The van der Waals surface area contributed by atoms with E-state index in [2.05, 4.69) is 15.6 Å². The fraction of sp³-hybridized carbons (Fsp3) is 0.455. The van der Waals surface area contributed by atoms with Crippen LogP contribution in [0.5, 0.6) is 0 Å². The minimum absolute atomic E-state index is 0.211. The summed E-state index contributed by atoms with van der Waals surface area (Å²) in [4.78, 5) is 15.3. The van der Waals surface area contributed by atoms with E-state index in [1.807, 2.05) is 0 Å². The van der Waals surface area contributed by atoms with Gasteiger partial charge in [-0.3, -0.25) is 4.99 Å². The Morgan fingerprint density at radius 2 is 2.29 bits per heavy atom. The molecule has 0 aliphatic rings. The van der Waals surface area contributed by atoms with E-state index in [4.69, 9.17) is 9.15 Å².